The number of carbonyl (C=O) groups is 1. The average Bonchev–Trinajstić information content (AvgIpc) is 1.87. The Morgan fingerprint density at radius 2 is 2.20 bits per heavy atom. The maximum atomic E-state index is 10.0. The van der Waals surface area contributed by atoms with Gasteiger partial charge in [-0.25, -0.2) is 0 Å². The van der Waals surface area contributed by atoms with Crippen LogP contribution in [0.5, 0.6) is 0 Å². The Morgan fingerprint density at radius 3 is 2.60 bits per heavy atom. The third-order valence-corrected chi connectivity index (χ3v) is 1.41. The maximum absolute atomic E-state index is 10.0. The van der Waals surface area contributed by atoms with Gasteiger partial charge in [0.15, 0.2) is 0 Å². The topological polar surface area (TPSA) is 37.3 Å². The molecule has 0 aliphatic rings. The minimum atomic E-state index is -0.722. The summed E-state index contributed by atoms with van der Waals surface area (Å²) < 4.78 is 0. The summed E-state index contributed by atoms with van der Waals surface area (Å²) in [6.45, 7) is 4.08. The summed E-state index contributed by atoms with van der Waals surface area (Å²) in [4.78, 5) is 10.0. The SMILES string of the molecule is CC/C(C)=C/CCC(=O)O. The molecule has 0 spiro atoms. The Kier molecular flexibility index (Phi) is 4.63. The van der Waals surface area contributed by atoms with Gasteiger partial charge in [0.25, 0.3) is 0 Å². The van der Waals surface area contributed by atoms with E-state index < -0.39 is 5.97 Å². The van der Waals surface area contributed by atoms with Gasteiger partial charge in [0.05, 0.1) is 0 Å². The lowest BCUT2D eigenvalue weighted by atomic mass is 10.2. The summed E-state index contributed by atoms with van der Waals surface area (Å²) in [5.74, 6) is -0.722. The van der Waals surface area contributed by atoms with Gasteiger partial charge >= 0.3 is 5.97 Å². The van der Waals surface area contributed by atoms with Crippen LogP contribution >= 0.6 is 0 Å². The fourth-order valence-corrected chi connectivity index (χ4v) is 0.586. The van der Waals surface area contributed by atoms with Gasteiger partial charge in [0.2, 0.25) is 0 Å². The second-order valence-electron chi connectivity index (χ2n) is 2.34. The van der Waals surface area contributed by atoms with Crippen molar-refractivity contribution in [2.75, 3.05) is 0 Å². The van der Waals surface area contributed by atoms with E-state index in [1.165, 1.54) is 5.57 Å². The number of aliphatic carboxylic acids is 1. The average molecular weight is 142 g/mol. The third-order valence-electron chi connectivity index (χ3n) is 1.41. The molecule has 0 aliphatic carbocycles. The van der Waals surface area contributed by atoms with Gasteiger partial charge in [0, 0.05) is 6.42 Å². The van der Waals surface area contributed by atoms with Gasteiger partial charge in [-0.2, -0.15) is 0 Å². The van der Waals surface area contributed by atoms with Crippen LogP contribution in [0.15, 0.2) is 11.6 Å². The summed E-state index contributed by atoms with van der Waals surface area (Å²) in [7, 11) is 0. The van der Waals surface area contributed by atoms with Crippen molar-refractivity contribution in [3.05, 3.63) is 11.6 Å². The molecule has 58 valence electrons. The molecule has 0 amide bonds. The highest BCUT2D eigenvalue weighted by molar-refractivity contribution is 5.66. The van der Waals surface area contributed by atoms with Gasteiger partial charge in [-0.05, 0) is 19.8 Å². The predicted octanol–water partition coefficient (Wildman–Crippen LogP) is 2.21. The van der Waals surface area contributed by atoms with Crippen LogP contribution in [0.2, 0.25) is 0 Å². The largest absolute Gasteiger partial charge is 0.481 e. The molecule has 1 N–H and O–H groups in total. The highest BCUT2D eigenvalue weighted by Gasteiger charge is 1.92. The van der Waals surface area contributed by atoms with Crippen LogP contribution in [0.3, 0.4) is 0 Å². The third kappa shape index (κ3) is 5.35. The number of hydrogen-bond acceptors (Lipinski definition) is 1. The molecule has 0 fully saturated rings. The normalized spacial score (nSPS) is 11.6. The molecular formula is C8H14O2. The van der Waals surface area contributed by atoms with Crippen molar-refractivity contribution in [2.24, 2.45) is 0 Å². The van der Waals surface area contributed by atoms with Gasteiger partial charge in [-0.1, -0.05) is 18.6 Å². The van der Waals surface area contributed by atoms with Crippen molar-refractivity contribution in [1.29, 1.82) is 0 Å². The molecule has 0 heterocycles. The molecule has 0 rings (SSSR count). The molecule has 0 radical (unpaired) electrons. The molecule has 0 aromatic carbocycles. The fourth-order valence-electron chi connectivity index (χ4n) is 0.586. The van der Waals surface area contributed by atoms with E-state index in [-0.39, 0.29) is 6.42 Å². The van der Waals surface area contributed by atoms with E-state index in [4.69, 9.17) is 5.11 Å². The first-order valence-corrected chi connectivity index (χ1v) is 3.54. The highest BCUT2D eigenvalue weighted by atomic mass is 16.4. The van der Waals surface area contributed by atoms with Gasteiger partial charge in [-0.15, -0.1) is 0 Å². The second kappa shape index (κ2) is 5.03. The van der Waals surface area contributed by atoms with Crippen molar-refractivity contribution >= 4 is 5.97 Å². The van der Waals surface area contributed by atoms with Crippen LogP contribution in [-0.4, -0.2) is 11.1 Å². The van der Waals surface area contributed by atoms with Crippen LogP contribution in [0.1, 0.15) is 33.1 Å². The Balaban J connectivity index is 3.43. The first-order chi connectivity index (χ1) is 4.66. The van der Waals surface area contributed by atoms with E-state index in [1.807, 2.05) is 13.0 Å². The summed E-state index contributed by atoms with van der Waals surface area (Å²) in [5, 5.41) is 8.27. The molecule has 0 saturated carbocycles. The fraction of sp³-hybridized carbons (Fsp3) is 0.625. The van der Waals surface area contributed by atoms with Gasteiger partial charge < -0.3 is 5.11 Å². The molecule has 0 bridgehead atoms. The Bertz CT molecular complexity index is 136. The molecular weight excluding hydrogens is 128 g/mol. The summed E-state index contributed by atoms with van der Waals surface area (Å²) >= 11 is 0. The quantitative estimate of drug-likeness (QED) is 0.611. The number of carboxylic acid groups (broad SMARTS) is 1. The zero-order chi connectivity index (χ0) is 7.98. The lowest BCUT2D eigenvalue weighted by Crippen LogP contribution is -1.91. The van der Waals surface area contributed by atoms with E-state index in [9.17, 15) is 4.79 Å². The molecule has 2 heteroatoms. The van der Waals surface area contributed by atoms with Gasteiger partial charge in [0.1, 0.15) is 0 Å². The Hall–Kier alpha value is -0.790. The van der Waals surface area contributed by atoms with Gasteiger partial charge in [-0.3, -0.25) is 4.79 Å². The zero-order valence-electron chi connectivity index (χ0n) is 6.55. The van der Waals surface area contributed by atoms with Crippen LogP contribution in [-0.2, 0) is 4.79 Å². The summed E-state index contributed by atoms with van der Waals surface area (Å²) in [5.41, 5.74) is 1.27. The maximum Gasteiger partial charge on any atom is 0.303 e. The van der Waals surface area contributed by atoms with E-state index in [0.29, 0.717) is 6.42 Å². The van der Waals surface area contributed by atoms with E-state index in [0.717, 1.165) is 6.42 Å². The first-order valence-electron chi connectivity index (χ1n) is 3.54. The van der Waals surface area contributed by atoms with E-state index >= 15 is 0 Å². The van der Waals surface area contributed by atoms with Crippen LogP contribution in [0.25, 0.3) is 0 Å². The standard InChI is InChI=1S/C8H14O2/c1-3-7(2)5-4-6-8(9)10/h5H,3-4,6H2,1-2H3,(H,9,10)/b7-5+. The first kappa shape index (κ1) is 9.21. The highest BCUT2D eigenvalue weighted by Crippen LogP contribution is 2.01. The minimum absolute atomic E-state index is 0.247. The number of hydrogen-bond donors (Lipinski definition) is 1. The van der Waals surface area contributed by atoms with Crippen LogP contribution in [0.4, 0.5) is 0 Å². The number of rotatable bonds is 4. The summed E-state index contributed by atoms with van der Waals surface area (Å²) in [6.07, 6.45) is 3.90. The zero-order valence-corrected chi connectivity index (χ0v) is 6.55. The molecule has 2 nitrogen and oxygen atoms in total. The van der Waals surface area contributed by atoms with Crippen molar-refractivity contribution in [2.45, 2.75) is 33.1 Å². The van der Waals surface area contributed by atoms with Crippen molar-refractivity contribution in [1.82, 2.24) is 0 Å². The molecule has 0 aliphatic heterocycles. The smallest absolute Gasteiger partial charge is 0.303 e. The molecule has 10 heavy (non-hydrogen) atoms. The Morgan fingerprint density at radius 1 is 1.60 bits per heavy atom. The lowest BCUT2D eigenvalue weighted by molar-refractivity contribution is -0.136. The summed E-state index contributed by atoms with van der Waals surface area (Å²) in [6, 6.07) is 0. The second-order valence-corrected chi connectivity index (χ2v) is 2.34. The molecule has 0 aromatic heterocycles. The van der Waals surface area contributed by atoms with Crippen molar-refractivity contribution in [3.63, 3.8) is 0 Å². The predicted molar refractivity (Wildman–Crippen MR) is 40.9 cm³/mol. The number of carboxylic acids is 1. The number of allylic oxidation sites excluding steroid dienone is 2. The molecule has 0 unspecified atom stereocenters. The minimum Gasteiger partial charge on any atom is -0.481 e. The Labute approximate surface area is 61.6 Å². The van der Waals surface area contributed by atoms with Crippen LogP contribution in [0, 0.1) is 0 Å². The monoisotopic (exact) mass is 142 g/mol. The lowest BCUT2D eigenvalue weighted by Gasteiger charge is -1.92. The van der Waals surface area contributed by atoms with Crippen LogP contribution < -0.4 is 0 Å². The molecule has 0 saturated heterocycles. The molecule has 0 aromatic rings. The van der Waals surface area contributed by atoms with E-state index in [1.54, 1.807) is 0 Å². The van der Waals surface area contributed by atoms with Crippen molar-refractivity contribution in [3.8, 4) is 0 Å². The van der Waals surface area contributed by atoms with Crippen molar-refractivity contribution < 1.29 is 9.90 Å². The molecule has 0 atom stereocenters. The van der Waals surface area contributed by atoms with E-state index in [2.05, 4.69) is 6.92 Å².